The van der Waals surface area contributed by atoms with Gasteiger partial charge in [-0.1, -0.05) is 6.07 Å². The molecule has 108 valence electrons. The second-order valence-electron chi connectivity index (χ2n) is 4.63. The summed E-state index contributed by atoms with van der Waals surface area (Å²) < 4.78 is 10.4. The highest BCUT2D eigenvalue weighted by atomic mass is 16.5. The van der Waals surface area contributed by atoms with E-state index in [1.54, 1.807) is 14.2 Å². The SMILES string of the molecule is COCCN(Cc1ccc(CN)cn1)C(C)COC. The summed E-state index contributed by atoms with van der Waals surface area (Å²) in [5.74, 6) is 0. The van der Waals surface area contributed by atoms with Crippen LogP contribution in [-0.2, 0) is 22.6 Å². The number of aromatic nitrogens is 1. The van der Waals surface area contributed by atoms with Crippen molar-refractivity contribution in [1.29, 1.82) is 0 Å². The van der Waals surface area contributed by atoms with Crippen LogP contribution in [0.4, 0.5) is 0 Å². The van der Waals surface area contributed by atoms with Gasteiger partial charge in [-0.2, -0.15) is 0 Å². The highest BCUT2D eigenvalue weighted by molar-refractivity contribution is 5.13. The second kappa shape index (κ2) is 8.98. The number of hydrogen-bond donors (Lipinski definition) is 1. The Bertz CT molecular complexity index is 343. The minimum Gasteiger partial charge on any atom is -0.383 e. The average Bonchev–Trinajstić information content (AvgIpc) is 2.44. The van der Waals surface area contributed by atoms with Crippen molar-refractivity contribution in [2.45, 2.75) is 26.1 Å². The quantitative estimate of drug-likeness (QED) is 0.724. The summed E-state index contributed by atoms with van der Waals surface area (Å²) in [4.78, 5) is 6.74. The molecule has 0 spiro atoms. The van der Waals surface area contributed by atoms with E-state index in [-0.39, 0.29) is 0 Å². The second-order valence-corrected chi connectivity index (χ2v) is 4.63. The Morgan fingerprint density at radius 1 is 1.32 bits per heavy atom. The van der Waals surface area contributed by atoms with Gasteiger partial charge in [-0.25, -0.2) is 0 Å². The Labute approximate surface area is 115 Å². The summed E-state index contributed by atoms with van der Waals surface area (Å²) in [6.07, 6.45) is 1.84. The molecule has 0 radical (unpaired) electrons. The molecule has 0 fully saturated rings. The number of rotatable bonds is 9. The molecule has 0 aromatic carbocycles. The Hall–Kier alpha value is -1.01. The largest absolute Gasteiger partial charge is 0.383 e. The van der Waals surface area contributed by atoms with Crippen LogP contribution in [0.1, 0.15) is 18.2 Å². The third-order valence-electron chi connectivity index (χ3n) is 3.10. The fourth-order valence-corrected chi connectivity index (χ4v) is 1.89. The van der Waals surface area contributed by atoms with Crippen molar-refractivity contribution in [2.75, 3.05) is 34.0 Å². The van der Waals surface area contributed by atoms with Crippen LogP contribution >= 0.6 is 0 Å². The normalized spacial score (nSPS) is 12.9. The first-order valence-corrected chi connectivity index (χ1v) is 6.57. The lowest BCUT2D eigenvalue weighted by Crippen LogP contribution is -2.38. The van der Waals surface area contributed by atoms with Crippen molar-refractivity contribution in [3.8, 4) is 0 Å². The molecular formula is C14H25N3O2. The molecule has 5 nitrogen and oxygen atoms in total. The van der Waals surface area contributed by atoms with Crippen LogP contribution in [0, 0.1) is 0 Å². The summed E-state index contributed by atoms with van der Waals surface area (Å²) in [6, 6.07) is 4.38. The van der Waals surface area contributed by atoms with Gasteiger partial charge in [-0.3, -0.25) is 9.88 Å². The van der Waals surface area contributed by atoms with Crippen LogP contribution in [0.25, 0.3) is 0 Å². The summed E-state index contributed by atoms with van der Waals surface area (Å²) in [5, 5.41) is 0. The van der Waals surface area contributed by atoms with Crippen LogP contribution in [0.2, 0.25) is 0 Å². The Balaban J connectivity index is 2.63. The van der Waals surface area contributed by atoms with Crippen molar-refractivity contribution in [3.63, 3.8) is 0 Å². The summed E-state index contributed by atoms with van der Waals surface area (Å²) >= 11 is 0. The van der Waals surface area contributed by atoms with Crippen molar-refractivity contribution < 1.29 is 9.47 Å². The molecule has 1 aromatic rings. The molecule has 2 N–H and O–H groups in total. The minimum absolute atomic E-state index is 0.330. The fourth-order valence-electron chi connectivity index (χ4n) is 1.89. The Kier molecular flexibility index (Phi) is 7.59. The molecule has 0 aliphatic carbocycles. The summed E-state index contributed by atoms with van der Waals surface area (Å²) in [5.41, 5.74) is 7.66. The molecule has 0 aliphatic heterocycles. The van der Waals surface area contributed by atoms with Gasteiger partial charge in [0.1, 0.15) is 0 Å². The lowest BCUT2D eigenvalue weighted by atomic mass is 10.2. The Morgan fingerprint density at radius 3 is 2.63 bits per heavy atom. The Morgan fingerprint density at radius 2 is 2.11 bits per heavy atom. The number of hydrogen-bond acceptors (Lipinski definition) is 5. The van der Waals surface area contributed by atoms with E-state index in [9.17, 15) is 0 Å². The molecule has 0 aliphatic rings. The van der Waals surface area contributed by atoms with Gasteiger partial charge in [0.2, 0.25) is 0 Å². The van der Waals surface area contributed by atoms with Crippen LogP contribution in [0.15, 0.2) is 18.3 Å². The van der Waals surface area contributed by atoms with Gasteiger partial charge < -0.3 is 15.2 Å². The molecule has 0 amide bonds. The monoisotopic (exact) mass is 267 g/mol. The van der Waals surface area contributed by atoms with Crippen molar-refractivity contribution in [3.05, 3.63) is 29.6 Å². The zero-order valence-electron chi connectivity index (χ0n) is 12.1. The first-order chi connectivity index (χ1) is 9.21. The fraction of sp³-hybridized carbons (Fsp3) is 0.643. The van der Waals surface area contributed by atoms with Crippen molar-refractivity contribution >= 4 is 0 Å². The number of methoxy groups -OCH3 is 2. The van der Waals surface area contributed by atoms with Gasteiger partial charge >= 0.3 is 0 Å². The zero-order valence-corrected chi connectivity index (χ0v) is 12.1. The van der Waals surface area contributed by atoms with Gasteiger partial charge in [0.05, 0.1) is 18.9 Å². The maximum atomic E-state index is 5.57. The summed E-state index contributed by atoms with van der Waals surface area (Å²) in [6.45, 7) is 5.73. The maximum absolute atomic E-state index is 5.57. The summed E-state index contributed by atoms with van der Waals surface area (Å²) in [7, 11) is 3.44. The number of nitrogens with zero attached hydrogens (tertiary/aromatic N) is 2. The number of pyridine rings is 1. The molecule has 1 atom stereocenters. The maximum Gasteiger partial charge on any atom is 0.0615 e. The highest BCUT2D eigenvalue weighted by Gasteiger charge is 2.14. The van der Waals surface area contributed by atoms with Gasteiger partial charge in [-0.05, 0) is 18.6 Å². The predicted molar refractivity (Wildman–Crippen MR) is 75.8 cm³/mol. The minimum atomic E-state index is 0.330. The van der Waals surface area contributed by atoms with E-state index in [1.807, 2.05) is 18.3 Å². The first kappa shape index (κ1) is 16.0. The highest BCUT2D eigenvalue weighted by Crippen LogP contribution is 2.08. The lowest BCUT2D eigenvalue weighted by Gasteiger charge is -2.28. The van der Waals surface area contributed by atoms with E-state index in [2.05, 4.69) is 16.8 Å². The molecule has 5 heteroatoms. The van der Waals surface area contributed by atoms with Crippen molar-refractivity contribution in [1.82, 2.24) is 9.88 Å². The van der Waals surface area contributed by atoms with Gasteiger partial charge in [0, 0.05) is 46.1 Å². The van der Waals surface area contributed by atoms with E-state index < -0.39 is 0 Å². The van der Waals surface area contributed by atoms with Gasteiger partial charge in [-0.15, -0.1) is 0 Å². The molecule has 1 unspecified atom stereocenters. The molecular weight excluding hydrogens is 242 g/mol. The van der Waals surface area contributed by atoms with E-state index in [0.29, 0.717) is 25.8 Å². The standard InChI is InChI=1S/C14H25N3O2/c1-12(11-19-3)17(6-7-18-2)10-14-5-4-13(8-15)9-16-14/h4-5,9,12H,6-8,10-11,15H2,1-3H3. The van der Waals surface area contributed by atoms with Crippen LogP contribution in [0.5, 0.6) is 0 Å². The van der Waals surface area contributed by atoms with Gasteiger partial charge in [0.25, 0.3) is 0 Å². The first-order valence-electron chi connectivity index (χ1n) is 6.57. The molecule has 0 bridgehead atoms. The van der Waals surface area contributed by atoms with Crippen LogP contribution in [0.3, 0.4) is 0 Å². The molecule has 0 saturated heterocycles. The predicted octanol–water partition coefficient (Wildman–Crippen LogP) is 1.02. The van der Waals surface area contributed by atoms with Crippen molar-refractivity contribution in [2.24, 2.45) is 5.73 Å². The average molecular weight is 267 g/mol. The molecule has 1 rings (SSSR count). The number of nitrogens with two attached hydrogens (primary N) is 1. The third kappa shape index (κ3) is 5.65. The molecule has 1 aromatic heterocycles. The molecule has 1 heterocycles. The smallest absolute Gasteiger partial charge is 0.0615 e. The number of ether oxygens (including phenoxy) is 2. The molecule has 19 heavy (non-hydrogen) atoms. The van der Waals surface area contributed by atoms with Gasteiger partial charge in [0.15, 0.2) is 0 Å². The van der Waals surface area contributed by atoms with Crippen LogP contribution < -0.4 is 5.73 Å². The lowest BCUT2D eigenvalue weighted by molar-refractivity contribution is 0.0697. The van der Waals surface area contributed by atoms with Crippen LogP contribution in [-0.4, -0.2) is 49.9 Å². The molecule has 0 saturated carbocycles. The zero-order chi connectivity index (χ0) is 14.1. The van der Waals surface area contributed by atoms with E-state index in [1.165, 1.54) is 0 Å². The van der Waals surface area contributed by atoms with E-state index >= 15 is 0 Å². The van der Waals surface area contributed by atoms with E-state index in [4.69, 9.17) is 15.2 Å². The topological polar surface area (TPSA) is 60.6 Å². The third-order valence-corrected chi connectivity index (χ3v) is 3.10. The van der Waals surface area contributed by atoms with E-state index in [0.717, 1.165) is 24.3 Å².